The van der Waals surface area contributed by atoms with Gasteiger partial charge in [-0.05, 0) is 18.6 Å². The van der Waals surface area contributed by atoms with Crippen molar-refractivity contribution in [1.29, 1.82) is 0 Å². The van der Waals surface area contributed by atoms with Gasteiger partial charge in [-0.25, -0.2) is 0 Å². The average Bonchev–Trinajstić information content (AvgIpc) is 2.35. The predicted molar refractivity (Wildman–Crippen MR) is 69.7 cm³/mol. The van der Waals surface area contributed by atoms with Crippen LogP contribution in [0.4, 0.5) is 0 Å². The minimum Gasteiger partial charge on any atom is -0.495 e. The van der Waals surface area contributed by atoms with Crippen molar-refractivity contribution < 1.29 is 9.47 Å². The molecular formula is C13H16ClNO2. The van der Waals surface area contributed by atoms with Crippen LogP contribution in [0.25, 0.3) is 0 Å². The maximum absolute atomic E-state index is 6.11. The Morgan fingerprint density at radius 1 is 1.35 bits per heavy atom. The molecular weight excluding hydrogens is 238 g/mol. The van der Waals surface area contributed by atoms with E-state index in [-0.39, 0.29) is 6.04 Å². The van der Waals surface area contributed by atoms with Crippen LogP contribution >= 0.6 is 11.6 Å². The molecule has 0 heterocycles. The Morgan fingerprint density at radius 3 is 2.59 bits per heavy atom. The largest absolute Gasteiger partial charge is 0.495 e. The number of ether oxygens (including phenoxy) is 2. The van der Waals surface area contributed by atoms with Gasteiger partial charge in [0, 0.05) is 0 Å². The van der Waals surface area contributed by atoms with E-state index in [0.29, 0.717) is 22.1 Å². The van der Waals surface area contributed by atoms with Crippen molar-refractivity contribution in [3.63, 3.8) is 0 Å². The van der Waals surface area contributed by atoms with Gasteiger partial charge in [-0.2, -0.15) is 0 Å². The van der Waals surface area contributed by atoms with Gasteiger partial charge in [-0.3, -0.25) is 0 Å². The zero-order valence-electron chi connectivity index (χ0n) is 10.2. The fourth-order valence-corrected chi connectivity index (χ4v) is 1.59. The normalized spacial score (nSPS) is 11.4. The van der Waals surface area contributed by atoms with Gasteiger partial charge >= 0.3 is 0 Å². The Kier molecular flexibility index (Phi) is 5.14. The Hall–Kier alpha value is -1.37. The molecule has 0 spiro atoms. The molecule has 1 unspecified atom stereocenters. The second-order valence-corrected chi connectivity index (χ2v) is 3.82. The highest BCUT2D eigenvalue weighted by atomic mass is 35.5. The molecule has 0 bridgehead atoms. The monoisotopic (exact) mass is 253 g/mol. The van der Waals surface area contributed by atoms with Crippen LogP contribution in [0, 0.1) is 11.8 Å². The first-order chi connectivity index (χ1) is 8.13. The number of halogens is 1. The smallest absolute Gasteiger partial charge is 0.156 e. The van der Waals surface area contributed by atoms with Gasteiger partial charge in [-0.15, -0.1) is 0 Å². The third kappa shape index (κ3) is 3.29. The molecule has 0 aliphatic heterocycles. The van der Waals surface area contributed by atoms with Gasteiger partial charge in [-0.1, -0.05) is 30.4 Å². The molecule has 0 aliphatic rings. The SMILES string of the molecule is CCC(N)C#Cc1ccc(OC)c(Cl)c1OC. The van der Waals surface area contributed by atoms with Crippen molar-refractivity contribution in [3.05, 3.63) is 22.7 Å². The third-order valence-corrected chi connectivity index (χ3v) is 2.68. The van der Waals surface area contributed by atoms with E-state index in [0.717, 1.165) is 6.42 Å². The van der Waals surface area contributed by atoms with E-state index < -0.39 is 0 Å². The topological polar surface area (TPSA) is 44.5 Å². The molecule has 0 fully saturated rings. The first kappa shape index (κ1) is 13.7. The molecule has 2 N–H and O–H groups in total. The Labute approximate surface area is 107 Å². The highest BCUT2D eigenvalue weighted by Crippen LogP contribution is 2.36. The van der Waals surface area contributed by atoms with Crippen molar-refractivity contribution in [2.45, 2.75) is 19.4 Å². The standard InChI is InChI=1S/C13H16ClNO2/c1-4-10(15)7-5-9-6-8-11(16-2)12(14)13(9)17-3/h6,8,10H,4,15H2,1-3H3. The van der Waals surface area contributed by atoms with Crippen LogP contribution in [-0.2, 0) is 0 Å². The summed E-state index contributed by atoms with van der Waals surface area (Å²) in [6.07, 6.45) is 0.805. The zero-order chi connectivity index (χ0) is 12.8. The summed E-state index contributed by atoms with van der Waals surface area (Å²) in [6.45, 7) is 1.98. The van der Waals surface area contributed by atoms with Crippen molar-refractivity contribution in [2.24, 2.45) is 5.73 Å². The van der Waals surface area contributed by atoms with E-state index in [9.17, 15) is 0 Å². The van der Waals surface area contributed by atoms with Crippen LogP contribution in [0.2, 0.25) is 5.02 Å². The van der Waals surface area contributed by atoms with Crippen LogP contribution in [0.5, 0.6) is 11.5 Å². The zero-order valence-corrected chi connectivity index (χ0v) is 11.0. The fraction of sp³-hybridized carbons (Fsp3) is 0.385. The average molecular weight is 254 g/mol. The molecule has 0 radical (unpaired) electrons. The van der Waals surface area contributed by atoms with Gasteiger partial charge < -0.3 is 15.2 Å². The van der Waals surface area contributed by atoms with Crippen molar-refractivity contribution >= 4 is 11.6 Å². The summed E-state index contributed by atoms with van der Waals surface area (Å²) in [5, 5.41) is 0.423. The van der Waals surface area contributed by atoms with Crippen LogP contribution in [-0.4, -0.2) is 20.3 Å². The minimum absolute atomic E-state index is 0.138. The molecule has 0 saturated carbocycles. The molecule has 0 amide bonds. The van der Waals surface area contributed by atoms with E-state index in [2.05, 4.69) is 11.8 Å². The third-order valence-electron chi connectivity index (χ3n) is 2.32. The number of hydrogen-bond acceptors (Lipinski definition) is 3. The molecule has 0 saturated heterocycles. The summed E-state index contributed by atoms with van der Waals surface area (Å²) in [5.74, 6) is 6.98. The van der Waals surface area contributed by atoms with E-state index >= 15 is 0 Å². The molecule has 92 valence electrons. The lowest BCUT2D eigenvalue weighted by molar-refractivity contribution is 0.394. The second kappa shape index (κ2) is 6.39. The molecule has 1 aromatic rings. The van der Waals surface area contributed by atoms with Gasteiger partial charge in [0.2, 0.25) is 0 Å². The Balaban J connectivity index is 3.16. The molecule has 3 nitrogen and oxygen atoms in total. The highest BCUT2D eigenvalue weighted by Gasteiger charge is 2.11. The maximum Gasteiger partial charge on any atom is 0.156 e. The van der Waals surface area contributed by atoms with Crippen LogP contribution < -0.4 is 15.2 Å². The van der Waals surface area contributed by atoms with Crippen LogP contribution in [0.3, 0.4) is 0 Å². The fourth-order valence-electron chi connectivity index (χ4n) is 1.27. The molecule has 1 rings (SSSR count). The summed E-state index contributed by atoms with van der Waals surface area (Å²) in [6, 6.07) is 3.42. The summed E-state index contributed by atoms with van der Waals surface area (Å²) >= 11 is 6.11. The van der Waals surface area contributed by atoms with Gasteiger partial charge in [0.1, 0.15) is 10.8 Å². The summed E-state index contributed by atoms with van der Waals surface area (Å²) in [7, 11) is 3.10. The summed E-state index contributed by atoms with van der Waals surface area (Å²) in [5.41, 5.74) is 6.44. The summed E-state index contributed by atoms with van der Waals surface area (Å²) in [4.78, 5) is 0. The van der Waals surface area contributed by atoms with E-state index in [1.54, 1.807) is 26.4 Å². The highest BCUT2D eigenvalue weighted by molar-refractivity contribution is 6.33. The lowest BCUT2D eigenvalue weighted by Gasteiger charge is -2.09. The molecule has 1 aromatic carbocycles. The molecule has 4 heteroatoms. The molecule has 17 heavy (non-hydrogen) atoms. The van der Waals surface area contributed by atoms with Crippen LogP contribution in [0.1, 0.15) is 18.9 Å². The quantitative estimate of drug-likeness (QED) is 0.842. The Morgan fingerprint density at radius 2 is 2.06 bits per heavy atom. The first-order valence-electron chi connectivity index (χ1n) is 5.31. The maximum atomic E-state index is 6.11. The number of hydrogen-bond donors (Lipinski definition) is 1. The predicted octanol–water partition coefficient (Wildman–Crippen LogP) is 2.45. The van der Waals surface area contributed by atoms with Crippen LogP contribution in [0.15, 0.2) is 12.1 Å². The lowest BCUT2D eigenvalue weighted by atomic mass is 10.1. The molecule has 0 aliphatic carbocycles. The molecule has 1 atom stereocenters. The van der Waals surface area contributed by atoms with Crippen molar-refractivity contribution in [1.82, 2.24) is 0 Å². The van der Waals surface area contributed by atoms with Gasteiger partial charge in [0.15, 0.2) is 5.75 Å². The minimum atomic E-state index is -0.138. The first-order valence-corrected chi connectivity index (χ1v) is 5.69. The lowest BCUT2D eigenvalue weighted by Crippen LogP contribution is -2.15. The second-order valence-electron chi connectivity index (χ2n) is 3.45. The van der Waals surface area contributed by atoms with Crippen molar-refractivity contribution in [2.75, 3.05) is 14.2 Å². The van der Waals surface area contributed by atoms with E-state index in [1.807, 2.05) is 6.92 Å². The van der Waals surface area contributed by atoms with E-state index in [4.69, 9.17) is 26.8 Å². The number of methoxy groups -OCH3 is 2. The Bertz CT molecular complexity index is 449. The molecule has 0 aromatic heterocycles. The van der Waals surface area contributed by atoms with Gasteiger partial charge in [0.25, 0.3) is 0 Å². The number of nitrogens with two attached hydrogens (primary N) is 1. The summed E-state index contributed by atoms with van der Waals surface area (Å²) < 4.78 is 10.3. The van der Waals surface area contributed by atoms with Crippen molar-refractivity contribution in [3.8, 4) is 23.3 Å². The van der Waals surface area contributed by atoms with Gasteiger partial charge in [0.05, 0.1) is 25.8 Å². The van der Waals surface area contributed by atoms with E-state index in [1.165, 1.54) is 0 Å². The number of benzene rings is 1. The number of rotatable bonds is 3.